The summed E-state index contributed by atoms with van der Waals surface area (Å²) in [7, 11) is 1.66. The van der Waals surface area contributed by atoms with Gasteiger partial charge in [-0.3, -0.25) is 0 Å². The van der Waals surface area contributed by atoms with Crippen LogP contribution in [0.5, 0.6) is 5.88 Å². The van der Waals surface area contributed by atoms with Crippen LogP contribution in [0.1, 0.15) is 25.8 Å². The zero-order chi connectivity index (χ0) is 10.8. The quantitative estimate of drug-likeness (QED) is 0.742. The second kappa shape index (κ2) is 4.09. The monoisotopic (exact) mass is 206 g/mol. The first kappa shape index (κ1) is 10.3. The van der Waals surface area contributed by atoms with Crippen molar-refractivity contribution in [2.45, 2.75) is 32.7 Å². The summed E-state index contributed by atoms with van der Waals surface area (Å²) < 4.78 is 5.15. The first-order chi connectivity index (χ1) is 7.22. The summed E-state index contributed by atoms with van der Waals surface area (Å²) in [4.78, 5) is 6.69. The van der Waals surface area contributed by atoms with Gasteiger partial charge in [0.05, 0.1) is 19.0 Å². The Kier molecular flexibility index (Phi) is 2.80. The van der Waals surface area contributed by atoms with Crippen molar-refractivity contribution in [1.82, 2.24) is 4.98 Å². The highest BCUT2D eigenvalue weighted by Gasteiger charge is 2.19. The fourth-order valence-corrected chi connectivity index (χ4v) is 2.14. The first-order valence-electron chi connectivity index (χ1n) is 5.52. The number of nitrogens with zero attached hydrogens (tertiary/aromatic N) is 2. The Bertz CT molecular complexity index is 349. The van der Waals surface area contributed by atoms with Gasteiger partial charge in [-0.15, -0.1) is 0 Å². The van der Waals surface area contributed by atoms with Gasteiger partial charge in [-0.05, 0) is 32.3 Å². The van der Waals surface area contributed by atoms with Gasteiger partial charge in [0.15, 0.2) is 0 Å². The van der Waals surface area contributed by atoms with E-state index in [2.05, 4.69) is 29.8 Å². The van der Waals surface area contributed by atoms with Crippen molar-refractivity contribution in [2.75, 3.05) is 18.6 Å². The van der Waals surface area contributed by atoms with Crippen LogP contribution in [0.4, 0.5) is 5.69 Å². The zero-order valence-corrected chi connectivity index (χ0v) is 9.66. The van der Waals surface area contributed by atoms with Crippen molar-refractivity contribution in [3.05, 3.63) is 17.8 Å². The van der Waals surface area contributed by atoms with Crippen molar-refractivity contribution < 1.29 is 4.74 Å². The summed E-state index contributed by atoms with van der Waals surface area (Å²) in [5.74, 6) is 0.722. The summed E-state index contributed by atoms with van der Waals surface area (Å²) in [6, 6.07) is 2.60. The van der Waals surface area contributed by atoms with E-state index in [0.29, 0.717) is 6.04 Å². The number of ether oxygens (including phenoxy) is 1. The third kappa shape index (κ3) is 1.91. The average Bonchev–Trinajstić information content (AvgIpc) is 2.27. The molecular formula is C12H18N2O. The van der Waals surface area contributed by atoms with E-state index in [1.165, 1.54) is 17.7 Å². The standard InChI is InChI=1S/C12H18N2O/c1-9(2)14-6-4-5-10-7-12(15-3)13-8-11(10)14/h7-9H,4-6H2,1-3H3. The largest absolute Gasteiger partial charge is 0.481 e. The van der Waals surface area contributed by atoms with Crippen molar-refractivity contribution >= 4 is 5.69 Å². The Morgan fingerprint density at radius 2 is 2.27 bits per heavy atom. The lowest BCUT2D eigenvalue weighted by molar-refractivity contribution is 0.396. The molecule has 0 spiro atoms. The fourth-order valence-electron chi connectivity index (χ4n) is 2.14. The Morgan fingerprint density at radius 1 is 1.47 bits per heavy atom. The van der Waals surface area contributed by atoms with Gasteiger partial charge in [0.1, 0.15) is 0 Å². The number of fused-ring (bicyclic) bond motifs is 1. The van der Waals surface area contributed by atoms with Crippen LogP contribution in [0.15, 0.2) is 12.3 Å². The third-order valence-electron chi connectivity index (χ3n) is 2.93. The maximum atomic E-state index is 5.15. The number of hydrogen-bond donors (Lipinski definition) is 0. The second-order valence-electron chi connectivity index (χ2n) is 4.25. The third-order valence-corrected chi connectivity index (χ3v) is 2.93. The molecule has 0 bridgehead atoms. The number of aromatic nitrogens is 1. The molecule has 0 aromatic carbocycles. The van der Waals surface area contributed by atoms with E-state index in [-0.39, 0.29) is 0 Å². The summed E-state index contributed by atoms with van der Waals surface area (Å²) >= 11 is 0. The molecule has 0 saturated carbocycles. The minimum atomic E-state index is 0.541. The van der Waals surface area contributed by atoms with Gasteiger partial charge >= 0.3 is 0 Å². The zero-order valence-electron chi connectivity index (χ0n) is 9.66. The maximum Gasteiger partial charge on any atom is 0.213 e. The van der Waals surface area contributed by atoms with E-state index in [4.69, 9.17) is 4.74 Å². The van der Waals surface area contributed by atoms with E-state index in [1.54, 1.807) is 7.11 Å². The van der Waals surface area contributed by atoms with Crippen LogP contribution in [-0.4, -0.2) is 24.7 Å². The van der Waals surface area contributed by atoms with Crippen LogP contribution in [-0.2, 0) is 6.42 Å². The predicted molar refractivity (Wildman–Crippen MR) is 61.6 cm³/mol. The van der Waals surface area contributed by atoms with Gasteiger partial charge in [0.25, 0.3) is 0 Å². The lowest BCUT2D eigenvalue weighted by Crippen LogP contribution is -2.35. The number of anilines is 1. The molecule has 0 unspecified atom stereocenters. The SMILES string of the molecule is COc1cc2c(cn1)N(C(C)C)CCC2. The molecule has 3 heteroatoms. The Hall–Kier alpha value is -1.25. The van der Waals surface area contributed by atoms with E-state index < -0.39 is 0 Å². The highest BCUT2D eigenvalue weighted by Crippen LogP contribution is 2.29. The molecule has 0 N–H and O–H groups in total. The molecule has 1 aliphatic heterocycles. The molecule has 1 aromatic rings. The Balaban J connectivity index is 2.36. The van der Waals surface area contributed by atoms with Gasteiger partial charge < -0.3 is 9.64 Å². The fraction of sp³-hybridized carbons (Fsp3) is 0.583. The smallest absolute Gasteiger partial charge is 0.213 e. The maximum absolute atomic E-state index is 5.15. The molecule has 0 amide bonds. The summed E-state index contributed by atoms with van der Waals surface area (Å²) in [6.07, 6.45) is 4.29. The molecule has 0 atom stereocenters. The van der Waals surface area contributed by atoms with Gasteiger partial charge in [-0.1, -0.05) is 0 Å². The van der Waals surface area contributed by atoms with Crippen molar-refractivity contribution in [3.63, 3.8) is 0 Å². The topological polar surface area (TPSA) is 25.4 Å². The molecule has 82 valence electrons. The van der Waals surface area contributed by atoms with E-state index in [0.717, 1.165) is 18.8 Å². The molecule has 0 radical (unpaired) electrons. The summed E-state index contributed by atoms with van der Waals surface area (Å²) in [6.45, 7) is 5.58. The molecule has 1 aliphatic rings. The van der Waals surface area contributed by atoms with Gasteiger partial charge in [-0.2, -0.15) is 0 Å². The van der Waals surface area contributed by atoms with Crippen LogP contribution >= 0.6 is 0 Å². The van der Waals surface area contributed by atoms with Crippen LogP contribution in [0.25, 0.3) is 0 Å². The first-order valence-corrected chi connectivity index (χ1v) is 5.52. The van der Waals surface area contributed by atoms with Gasteiger partial charge in [0.2, 0.25) is 5.88 Å². The minimum absolute atomic E-state index is 0.541. The number of hydrogen-bond acceptors (Lipinski definition) is 3. The molecule has 0 saturated heterocycles. The number of rotatable bonds is 2. The Morgan fingerprint density at radius 3 is 2.93 bits per heavy atom. The van der Waals surface area contributed by atoms with E-state index in [1.807, 2.05) is 6.20 Å². The molecule has 3 nitrogen and oxygen atoms in total. The van der Waals surface area contributed by atoms with Crippen LogP contribution < -0.4 is 9.64 Å². The van der Waals surface area contributed by atoms with Crippen LogP contribution in [0, 0.1) is 0 Å². The lowest BCUT2D eigenvalue weighted by atomic mass is 10.0. The predicted octanol–water partition coefficient (Wildman–Crippen LogP) is 2.25. The molecular weight excluding hydrogens is 188 g/mol. The number of methoxy groups -OCH3 is 1. The highest BCUT2D eigenvalue weighted by atomic mass is 16.5. The molecule has 2 heterocycles. The molecule has 2 rings (SSSR count). The molecule has 15 heavy (non-hydrogen) atoms. The number of pyridine rings is 1. The summed E-state index contributed by atoms with van der Waals surface area (Å²) in [5.41, 5.74) is 2.64. The summed E-state index contributed by atoms with van der Waals surface area (Å²) in [5, 5.41) is 0. The number of aryl methyl sites for hydroxylation is 1. The average molecular weight is 206 g/mol. The molecule has 0 aliphatic carbocycles. The van der Waals surface area contributed by atoms with Gasteiger partial charge in [-0.25, -0.2) is 4.98 Å². The Labute approximate surface area is 91.1 Å². The lowest BCUT2D eigenvalue weighted by Gasteiger charge is -2.34. The van der Waals surface area contributed by atoms with Crippen LogP contribution in [0.3, 0.4) is 0 Å². The van der Waals surface area contributed by atoms with Gasteiger partial charge in [0, 0.05) is 18.7 Å². The van der Waals surface area contributed by atoms with E-state index >= 15 is 0 Å². The molecule has 0 fully saturated rings. The normalized spacial score (nSPS) is 15.3. The molecule has 1 aromatic heterocycles. The minimum Gasteiger partial charge on any atom is -0.481 e. The van der Waals surface area contributed by atoms with Crippen molar-refractivity contribution in [2.24, 2.45) is 0 Å². The highest BCUT2D eigenvalue weighted by molar-refractivity contribution is 5.55. The van der Waals surface area contributed by atoms with Crippen LogP contribution in [0.2, 0.25) is 0 Å². The van der Waals surface area contributed by atoms with Crippen molar-refractivity contribution in [1.29, 1.82) is 0 Å². The second-order valence-corrected chi connectivity index (χ2v) is 4.25. The van der Waals surface area contributed by atoms with Crippen molar-refractivity contribution in [3.8, 4) is 5.88 Å². The van der Waals surface area contributed by atoms with E-state index in [9.17, 15) is 0 Å².